The Bertz CT molecular complexity index is 507. The van der Waals surface area contributed by atoms with Crippen molar-refractivity contribution in [2.24, 2.45) is 7.05 Å². The summed E-state index contributed by atoms with van der Waals surface area (Å²) >= 11 is 0. The van der Waals surface area contributed by atoms with Gasteiger partial charge in [0.2, 0.25) is 0 Å². The van der Waals surface area contributed by atoms with Gasteiger partial charge < -0.3 is 10.1 Å². The second-order valence-corrected chi connectivity index (χ2v) is 5.15. The molecule has 0 aliphatic heterocycles. The molecule has 4 heteroatoms. The Morgan fingerprint density at radius 2 is 1.95 bits per heavy atom. The first kappa shape index (κ1) is 14.8. The average Bonchev–Trinajstić information content (AvgIpc) is 2.86. The second-order valence-electron chi connectivity index (χ2n) is 5.15. The zero-order chi connectivity index (χ0) is 14.4. The molecule has 0 fully saturated rings. The largest absolute Gasteiger partial charge is 0.366 e. The van der Waals surface area contributed by atoms with Crippen LogP contribution in [0.2, 0.25) is 0 Å². The van der Waals surface area contributed by atoms with Crippen molar-refractivity contribution in [3.05, 3.63) is 53.9 Å². The lowest BCUT2D eigenvalue weighted by molar-refractivity contribution is 0.0757. The Kier molecular flexibility index (Phi) is 5.32. The molecule has 1 aromatic heterocycles. The van der Waals surface area contributed by atoms with Crippen LogP contribution in [0.3, 0.4) is 0 Å². The van der Waals surface area contributed by atoms with Crippen molar-refractivity contribution in [2.75, 3.05) is 13.2 Å². The van der Waals surface area contributed by atoms with E-state index in [9.17, 15) is 0 Å². The van der Waals surface area contributed by atoms with E-state index in [1.165, 1.54) is 0 Å². The Balaban J connectivity index is 2.08. The minimum absolute atomic E-state index is 0.0716. The van der Waals surface area contributed by atoms with Gasteiger partial charge in [0.1, 0.15) is 6.10 Å². The van der Waals surface area contributed by atoms with Crippen LogP contribution in [0.15, 0.2) is 42.6 Å². The molecule has 1 aromatic carbocycles. The maximum absolute atomic E-state index is 6.08. The SMILES string of the molecule is CC(C)NCCOC(c1ccccc1)c1ccnn1C. The summed E-state index contributed by atoms with van der Waals surface area (Å²) in [6, 6.07) is 12.8. The van der Waals surface area contributed by atoms with E-state index in [1.807, 2.05) is 36.0 Å². The zero-order valence-corrected chi connectivity index (χ0v) is 12.4. The third-order valence-corrected chi connectivity index (χ3v) is 3.17. The van der Waals surface area contributed by atoms with Crippen LogP contribution < -0.4 is 5.32 Å². The number of hydrogen-bond donors (Lipinski definition) is 1. The third-order valence-electron chi connectivity index (χ3n) is 3.17. The molecule has 1 unspecified atom stereocenters. The molecule has 20 heavy (non-hydrogen) atoms. The van der Waals surface area contributed by atoms with Gasteiger partial charge in [0.05, 0.1) is 12.3 Å². The first-order chi connectivity index (χ1) is 9.68. The maximum Gasteiger partial charge on any atom is 0.124 e. The fourth-order valence-corrected chi connectivity index (χ4v) is 2.15. The molecule has 1 atom stereocenters. The van der Waals surface area contributed by atoms with Gasteiger partial charge in [-0.25, -0.2) is 0 Å². The first-order valence-corrected chi connectivity index (χ1v) is 7.06. The van der Waals surface area contributed by atoms with Crippen molar-refractivity contribution in [3.63, 3.8) is 0 Å². The van der Waals surface area contributed by atoms with Gasteiger partial charge in [-0.05, 0) is 11.6 Å². The number of nitrogens with zero attached hydrogens (tertiary/aromatic N) is 2. The van der Waals surface area contributed by atoms with Crippen molar-refractivity contribution < 1.29 is 4.74 Å². The van der Waals surface area contributed by atoms with Crippen LogP contribution in [0.25, 0.3) is 0 Å². The number of benzene rings is 1. The summed E-state index contributed by atoms with van der Waals surface area (Å²) in [6.07, 6.45) is 1.73. The van der Waals surface area contributed by atoms with E-state index in [4.69, 9.17) is 4.74 Å². The van der Waals surface area contributed by atoms with Crippen LogP contribution in [-0.2, 0) is 11.8 Å². The van der Waals surface area contributed by atoms with Gasteiger partial charge in [-0.1, -0.05) is 44.2 Å². The molecule has 0 amide bonds. The predicted molar refractivity (Wildman–Crippen MR) is 80.6 cm³/mol. The summed E-state index contributed by atoms with van der Waals surface area (Å²) in [6.45, 7) is 5.79. The van der Waals surface area contributed by atoms with E-state index >= 15 is 0 Å². The van der Waals surface area contributed by atoms with Gasteiger partial charge in [-0.2, -0.15) is 5.10 Å². The lowest BCUT2D eigenvalue weighted by atomic mass is 10.1. The van der Waals surface area contributed by atoms with Crippen LogP contribution in [0.4, 0.5) is 0 Å². The molecular formula is C16H23N3O. The number of aryl methyl sites for hydroxylation is 1. The van der Waals surface area contributed by atoms with Crippen molar-refractivity contribution in [1.82, 2.24) is 15.1 Å². The van der Waals surface area contributed by atoms with Crippen LogP contribution in [0, 0.1) is 0 Å². The average molecular weight is 273 g/mol. The van der Waals surface area contributed by atoms with Gasteiger partial charge in [0.15, 0.2) is 0 Å². The quantitative estimate of drug-likeness (QED) is 0.788. The predicted octanol–water partition coefficient (Wildman–Crippen LogP) is 2.52. The highest BCUT2D eigenvalue weighted by atomic mass is 16.5. The normalized spacial score (nSPS) is 12.8. The Labute approximate surface area is 120 Å². The topological polar surface area (TPSA) is 39.1 Å². The smallest absolute Gasteiger partial charge is 0.124 e. The number of hydrogen-bond acceptors (Lipinski definition) is 3. The minimum Gasteiger partial charge on any atom is -0.366 e. The standard InChI is InChI=1S/C16H23N3O/c1-13(2)17-11-12-20-16(14-7-5-4-6-8-14)15-9-10-18-19(15)3/h4-10,13,16-17H,11-12H2,1-3H3. The molecule has 0 bridgehead atoms. The highest BCUT2D eigenvalue weighted by Crippen LogP contribution is 2.24. The number of aromatic nitrogens is 2. The zero-order valence-electron chi connectivity index (χ0n) is 12.4. The van der Waals surface area contributed by atoms with E-state index in [0.29, 0.717) is 12.6 Å². The molecule has 0 aliphatic rings. The van der Waals surface area contributed by atoms with E-state index < -0.39 is 0 Å². The van der Waals surface area contributed by atoms with Crippen LogP contribution in [0.5, 0.6) is 0 Å². The molecule has 2 aromatic rings. The molecule has 0 aliphatic carbocycles. The molecule has 0 saturated carbocycles. The highest BCUT2D eigenvalue weighted by Gasteiger charge is 2.17. The molecule has 1 heterocycles. The summed E-state index contributed by atoms with van der Waals surface area (Å²) in [7, 11) is 1.95. The molecular weight excluding hydrogens is 250 g/mol. The highest BCUT2D eigenvalue weighted by molar-refractivity contribution is 5.25. The fourth-order valence-electron chi connectivity index (χ4n) is 2.15. The summed E-state index contributed by atoms with van der Waals surface area (Å²) in [5.74, 6) is 0. The number of nitrogens with one attached hydrogen (secondary N) is 1. The summed E-state index contributed by atoms with van der Waals surface area (Å²) in [5, 5.41) is 7.61. The van der Waals surface area contributed by atoms with E-state index in [-0.39, 0.29) is 6.10 Å². The Morgan fingerprint density at radius 3 is 2.55 bits per heavy atom. The van der Waals surface area contributed by atoms with E-state index in [0.717, 1.165) is 17.8 Å². The van der Waals surface area contributed by atoms with Crippen molar-refractivity contribution in [2.45, 2.75) is 26.0 Å². The molecule has 0 saturated heterocycles. The summed E-state index contributed by atoms with van der Waals surface area (Å²) in [5.41, 5.74) is 2.22. The van der Waals surface area contributed by atoms with Gasteiger partial charge in [0.25, 0.3) is 0 Å². The molecule has 0 spiro atoms. The summed E-state index contributed by atoms with van der Waals surface area (Å²) in [4.78, 5) is 0. The molecule has 108 valence electrons. The van der Waals surface area contributed by atoms with E-state index in [1.54, 1.807) is 6.20 Å². The van der Waals surface area contributed by atoms with Crippen LogP contribution in [0.1, 0.15) is 31.2 Å². The third kappa shape index (κ3) is 3.92. The lowest BCUT2D eigenvalue weighted by Crippen LogP contribution is -2.27. The van der Waals surface area contributed by atoms with Gasteiger partial charge in [-0.3, -0.25) is 4.68 Å². The number of rotatable bonds is 7. The monoisotopic (exact) mass is 273 g/mol. The van der Waals surface area contributed by atoms with Gasteiger partial charge in [-0.15, -0.1) is 0 Å². The Morgan fingerprint density at radius 1 is 1.20 bits per heavy atom. The van der Waals surface area contributed by atoms with Crippen molar-refractivity contribution >= 4 is 0 Å². The van der Waals surface area contributed by atoms with Crippen LogP contribution >= 0.6 is 0 Å². The lowest BCUT2D eigenvalue weighted by Gasteiger charge is -2.19. The van der Waals surface area contributed by atoms with E-state index in [2.05, 4.69) is 36.4 Å². The summed E-state index contributed by atoms with van der Waals surface area (Å²) < 4.78 is 7.95. The Hall–Kier alpha value is -1.65. The van der Waals surface area contributed by atoms with Crippen molar-refractivity contribution in [3.8, 4) is 0 Å². The molecule has 2 rings (SSSR count). The first-order valence-electron chi connectivity index (χ1n) is 7.06. The molecule has 0 radical (unpaired) electrons. The molecule has 4 nitrogen and oxygen atoms in total. The second kappa shape index (κ2) is 7.22. The maximum atomic E-state index is 6.08. The number of ether oxygens (including phenoxy) is 1. The van der Waals surface area contributed by atoms with Crippen molar-refractivity contribution in [1.29, 1.82) is 0 Å². The minimum atomic E-state index is -0.0716. The van der Waals surface area contributed by atoms with Gasteiger partial charge in [0, 0.05) is 25.8 Å². The van der Waals surface area contributed by atoms with Gasteiger partial charge >= 0.3 is 0 Å². The fraction of sp³-hybridized carbons (Fsp3) is 0.438. The molecule has 1 N–H and O–H groups in total. The van der Waals surface area contributed by atoms with Crippen LogP contribution in [-0.4, -0.2) is 29.0 Å².